The van der Waals surface area contributed by atoms with E-state index in [9.17, 15) is 4.39 Å². The van der Waals surface area contributed by atoms with Gasteiger partial charge in [0.15, 0.2) is 0 Å². The Bertz CT molecular complexity index is 336. The smallest absolute Gasteiger partial charge is 0.145 e. The minimum Gasteiger partial charge on any atom is -0.491 e. The van der Waals surface area contributed by atoms with Crippen LogP contribution in [0.2, 0.25) is 0 Å². The van der Waals surface area contributed by atoms with E-state index in [0.29, 0.717) is 18.0 Å². The maximum Gasteiger partial charge on any atom is 0.145 e. The second kappa shape index (κ2) is 4.51. The van der Waals surface area contributed by atoms with Crippen LogP contribution in [0.4, 0.5) is 10.1 Å². The van der Waals surface area contributed by atoms with Crippen molar-refractivity contribution in [3.8, 4) is 5.75 Å². The molecule has 0 spiro atoms. The molecule has 2 nitrogen and oxygen atoms in total. The molecule has 1 aliphatic carbocycles. The van der Waals surface area contributed by atoms with Crippen LogP contribution in [0.3, 0.4) is 0 Å². The van der Waals surface area contributed by atoms with Gasteiger partial charge in [-0.2, -0.15) is 0 Å². The molecule has 0 heterocycles. The first-order valence-corrected chi connectivity index (χ1v) is 5.43. The summed E-state index contributed by atoms with van der Waals surface area (Å²) in [6, 6.07) is 4.22. The van der Waals surface area contributed by atoms with Gasteiger partial charge >= 0.3 is 0 Å². The third-order valence-corrected chi connectivity index (χ3v) is 2.98. The molecule has 1 aromatic rings. The lowest BCUT2D eigenvalue weighted by atomic mass is 9.83. The summed E-state index contributed by atoms with van der Waals surface area (Å²) in [7, 11) is 0. The van der Waals surface area contributed by atoms with Gasteiger partial charge in [-0.3, -0.25) is 0 Å². The van der Waals surface area contributed by atoms with E-state index in [1.165, 1.54) is 37.5 Å². The van der Waals surface area contributed by atoms with Crippen LogP contribution >= 0.6 is 0 Å². The number of ether oxygens (including phenoxy) is 1. The Morgan fingerprint density at radius 1 is 1.40 bits per heavy atom. The normalized spacial score (nSPS) is 16.1. The molecular formula is C12H16FNO. The fourth-order valence-electron chi connectivity index (χ4n) is 1.75. The maximum absolute atomic E-state index is 12.9. The number of hydrogen-bond donors (Lipinski definition) is 1. The molecule has 0 atom stereocenters. The number of halogens is 1. The van der Waals surface area contributed by atoms with Gasteiger partial charge in [-0.25, -0.2) is 4.39 Å². The number of nitrogens with two attached hydrogens (primary N) is 1. The summed E-state index contributed by atoms with van der Waals surface area (Å²) in [5.41, 5.74) is 6.17. The molecule has 82 valence electrons. The van der Waals surface area contributed by atoms with Crippen LogP contribution in [-0.4, -0.2) is 6.61 Å². The molecule has 0 aliphatic heterocycles. The molecule has 0 aromatic heterocycles. The van der Waals surface area contributed by atoms with E-state index in [0.717, 1.165) is 12.3 Å². The number of hydrogen-bond acceptors (Lipinski definition) is 2. The topological polar surface area (TPSA) is 35.2 Å². The summed E-state index contributed by atoms with van der Waals surface area (Å²) in [6.07, 6.45) is 5.01. The largest absolute Gasteiger partial charge is 0.491 e. The van der Waals surface area contributed by atoms with E-state index in [1.807, 2.05) is 0 Å². The third kappa shape index (κ3) is 2.61. The minimum atomic E-state index is -0.303. The van der Waals surface area contributed by atoms with Crippen molar-refractivity contribution >= 4 is 5.69 Å². The first kappa shape index (κ1) is 10.3. The minimum absolute atomic E-state index is 0.303. The summed E-state index contributed by atoms with van der Waals surface area (Å²) in [5, 5.41) is 0. The number of anilines is 1. The van der Waals surface area contributed by atoms with Crippen LogP contribution < -0.4 is 10.5 Å². The molecule has 0 saturated heterocycles. The number of benzene rings is 1. The number of rotatable bonds is 4. The molecule has 0 bridgehead atoms. The van der Waals surface area contributed by atoms with Crippen LogP contribution in [0.1, 0.15) is 25.7 Å². The van der Waals surface area contributed by atoms with Gasteiger partial charge in [-0.05, 0) is 24.5 Å². The lowest BCUT2D eigenvalue weighted by Gasteiger charge is -2.25. The van der Waals surface area contributed by atoms with Gasteiger partial charge < -0.3 is 10.5 Å². The molecule has 1 aromatic carbocycles. The molecule has 1 aliphatic rings. The molecular weight excluding hydrogens is 193 g/mol. The van der Waals surface area contributed by atoms with Crippen LogP contribution in [0.25, 0.3) is 0 Å². The predicted octanol–water partition coefficient (Wildman–Crippen LogP) is 2.98. The van der Waals surface area contributed by atoms with Crippen molar-refractivity contribution in [3.63, 3.8) is 0 Å². The molecule has 1 saturated carbocycles. The Hall–Kier alpha value is -1.25. The Morgan fingerprint density at radius 3 is 2.87 bits per heavy atom. The van der Waals surface area contributed by atoms with Gasteiger partial charge in [0.05, 0.1) is 12.3 Å². The lowest BCUT2D eigenvalue weighted by molar-refractivity contribution is 0.222. The van der Waals surface area contributed by atoms with E-state index in [2.05, 4.69) is 0 Å². The van der Waals surface area contributed by atoms with Crippen LogP contribution in [0, 0.1) is 11.7 Å². The molecule has 0 amide bonds. The molecule has 2 N–H and O–H groups in total. The second-order valence-electron chi connectivity index (χ2n) is 4.12. The van der Waals surface area contributed by atoms with Crippen molar-refractivity contribution < 1.29 is 9.13 Å². The highest BCUT2D eigenvalue weighted by Crippen LogP contribution is 2.30. The van der Waals surface area contributed by atoms with E-state index in [1.54, 1.807) is 0 Å². The molecule has 0 unspecified atom stereocenters. The van der Waals surface area contributed by atoms with Gasteiger partial charge in [0.1, 0.15) is 11.6 Å². The zero-order valence-electron chi connectivity index (χ0n) is 8.71. The Labute approximate surface area is 89.2 Å². The highest BCUT2D eigenvalue weighted by atomic mass is 19.1. The third-order valence-electron chi connectivity index (χ3n) is 2.98. The zero-order valence-corrected chi connectivity index (χ0v) is 8.71. The van der Waals surface area contributed by atoms with Crippen molar-refractivity contribution in [2.75, 3.05) is 12.3 Å². The molecule has 1 fully saturated rings. The predicted molar refractivity (Wildman–Crippen MR) is 58.3 cm³/mol. The van der Waals surface area contributed by atoms with Crippen molar-refractivity contribution in [2.45, 2.75) is 25.7 Å². The highest BCUT2D eigenvalue weighted by Gasteiger charge is 2.17. The highest BCUT2D eigenvalue weighted by molar-refractivity contribution is 5.52. The van der Waals surface area contributed by atoms with E-state index < -0.39 is 0 Å². The summed E-state index contributed by atoms with van der Waals surface area (Å²) in [6.45, 7) is 0.637. The van der Waals surface area contributed by atoms with Crippen molar-refractivity contribution in [1.29, 1.82) is 0 Å². The Morgan fingerprint density at radius 2 is 2.20 bits per heavy atom. The van der Waals surface area contributed by atoms with Gasteiger partial charge in [-0.1, -0.05) is 19.3 Å². The monoisotopic (exact) mass is 209 g/mol. The SMILES string of the molecule is Nc1ccc(F)cc1OCCC1CCC1. The molecule has 0 radical (unpaired) electrons. The summed E-state index contributed by atoms with van der Waals surface area (Å²) in [4.78, 5) is 0. The summed E-state index contributed by atoms with van der Waals surface area (Å²) < 4.78 is 18.3. The van der Waals surface area contributed by atoms with E-state index in [-0.39, 0.29) is 5.82 Å². The fraction of sp³-hybridized carbons (Fsp3) is 0.500. The molecule has 15 heavy (non-hydrogen) atoms. The molecule has 3 heteroatoms. The van der Waals surface area contributed by atoms with Crippen molar-refractivity contribution in [2.24, 2.45) is 5.92 Å². The quantitative estimate of drug-likeness (QED) is 0.774. The first-order chi connectivity index (χ1) is 7.25. The van der Waals surface area contributed by atoms with Crippen LogP contribution in [-0.2, 0) is 0 Å². The van der Waals surface area contributed by atoms with Crippen LogP contribution in [0.15, 0.2) is 18.2 Å². The first-order valence-electron chi connectivity index (χ1n) is 5.43. The van der Waals surface area contributed by atoms with E-state index >= 15 is 0 Å². The van der Waals surface area contributed by atoms with Crippen molar-refractivity contribution in [3.05, 3.63) is 24.0 Å². The summed E-state index contributed by atoms with van der Waals surface area (Å²) in [5.74, 6) is 0.969. The Balaban J connectivity index is 1.83. The average molecular weight is 209 g/mol. The van der Waals surface area contributed by atoms with Gasteiger partial charge in [-0.15, -0.1) is 0 Å². The summed E-state index contributed by atoms with van der Waals surface area (Å²) >= 11 is 0. The zero-order chi connectivity index (χ0) is 10.7. The van der Waals surface area contributed by atoms with Gasteiger partial charge in [0, 0.05) is 6.07 Å². The fourth-order valence-corrected chi connectivity index (χ4v) is 1.75. The van der Waals surface area contributed by atoms with Crippen molar-refractivity contribution in [1.82, 2.24) is 0 Å². The van der Waals surface area contributed by atoms with Gasteiger partial charge in [0.2, 0.25) is 0 Å². The standard InChI is InChI=1S/C12H16FNO/c13-10-4-5-11(14)12(8-10)15-7-6-9-2-1-3-9/h4-5,8-9H,1-3,6-7,14H2. The number of nitrogen functional groups attached to an aromatic ring is 1. The van der Waals surface area contributed by atoms with Crippen LogP contribution in [0.5, 0.6) is 5.75 Å². The average Bonchev–Trinajstić information content (AvgIpc) is 2.15. The lowest BCUT2D eigenvalue weighted by Crippen LogP contribution is -2.14. The Kier molecular flexibility index (Phi) is 3.09. The van der Waals surface area contributed by atoms with Gasteiger partial charge in [0.25, 0.3) is 0 Å². The second-order valence-corrected chi connectivity index (χ2v) is 4.12. The maximum atomic E-state index is 12.9. The molecule has 2 rings (SSSR count). The van der Waals surface area contributed by atoms with E-state index in [4.69, 9.17) is 10.5 Å².